The summed E-state index contributed by atoms with van der Waals surface area (Å²) in [5.74, 6) is 0.371. The van der Waals surface area contributed by atoms with Crippen LogP contribution in [0.4, 0.5) is 0 Å². The second kappa shape index (κ2) is 11.6. The van der Waals surface area contributed by atoms with Crippen LogP contribution in [0.25, 0.3) is 44.5 Å². The van der Waals surface area contributed by atoms with Crippen LogP contribution in [-0.4, -0.2) is 0 Å². The number of pyridine rings is 1. The van der Waals surface area contributed by atoms with Gasteiger partial charge in [-0.25, -0.2) is 0 Å². The molecule has 1 heteroatoms. The van der Waals surface area contributed by atoms with E-state index in [-0.39, 0.29) is 0 Å². The Hall–Kier alpha value is -4.49. The largest absolute Gasteiger partial charge is 0.221 e. The highest BCUT2D eigenvalue weighted by Crippen LogP contribution is 2.35. The lowest BCUT2D eigenvalue weighted by Gasteiger charge is -2.17. The average Bonchev–Trinajstić information content (AvgIpc) is 3.18. The van der Waals surface area contributed by atoms with Crippen LogP contribution in [0.5, 0.6) is 0 Å². The third-order valence-electron chi connectivity index (χ3n) is 8.48. The first-order valence-corrected chi connectivity index (χ1v) is 14.8. The Kier molecular flexibility index (Phi) is 7.53. The highest BCUT2D eigenvalue weighted by molar-refractivity contribution is 6.10. The third kappa shape index (κ3) is 5.21. The summed E-state index contributed by atoms with van der Waals surface area (Å²) in [6.45, 7) is 9.86. The summed E-state index contributed by atoms with van der Waals surface area (Å²) in [4.78, 5) is 0. The Bertz CT molecular complexity index is 1880. The quantitative estimate of drug-likeness (QED) is 0.151. The number of hydrogen-bond acceptors (Lipinski definition) is 0. The fourth-order valence-corrected chi connectivity index (χ4v) is 6.26. The van der Waals surface area contributed by atoms with Gasteiger partial charge in [-0.05, 0) is 78.3 Å². The molecular weight excluding hydrogens is 494 g/mol. The Morgan fingerprint density at radius 3 is 2.46 bits per heavy atom. The molecule has 1 unspecified atom stereocenters. The number of allylic oxidation sites excluding steroid dienone is 7. The molecule has 1 heterocycles. The first-order chi connectivity index (χ1) is 20.0. The van der Waals surface area contributed by atoms with Crippen molar-refractivity contribution in [2.75, 3.05) is 0 Å². The molecule has 202 valence electrons. The molecule has 1 aliphatic rings. The summed E-state index contributed by atoms with van der Waals surface area (Å²) >= 11 is 0. The molecule has 1 aliphatic carbocycles. The van der Waals surface area contributed by atoms with E-state index in [4.69, 9.17) is 0 Å². The summed E-state index contributed by atoms with van der Waals surface area (Å²) in [5.41, 5.74) is 10.5. The van der Waals surface area contributed by atoms with E-state index in [9.17, 15) is 0 Å². The van der Waals surface area contributed by atoms with Gasteiger partial charge >= 0.3 is 0 Å². The van der Waals surface area contributed by atoms with Crippen molar-refractivity contribution >= 4 is 33.2 Å². The maximum atomic E-state index is 2.39. The standard InChI is InChI=1S/C40H38N/c1-5-41-26-25-37-35-18-11-8-15-31(35)23-24-38(37)40(41)39-27-28(2)21-22-32(39)16-12-20-34-30(4)14-7-10-19-36(34)33-17-9-6-13-29(33)3/h6-19,21-27,30H,5,20H2,1-4H3/q+1. The van der Waals surface area contributed by atoms with Crippen molar-refractivity contribution in [2.24, 2.45) is 5.92 Å². The molecule has 1 nitrogen and oxygen atoms in total. The van der Waals surface area contributed by atoms with Gasteiger partial charge < -0.3 is 0 Å². The number of aromatic nitrogens is 1. The summed E-state index contributed by atoms with van der Waals surface area (Å²) in [6.07, 6.45) is 16.8. The van der Waals surface area contributed by atoms with Gasteiger partial charge in [0.2, 0.25) is 5.69 Å². The molecule has 4 aromatic carbocycles. The van der Waals surface area contributed by atoms with E-state index in [0.29, 0.717) is 5.92 Å². The number of rotatable bonds is 6. The highest BCUT2D eigenvalue weighted by atomic mass is 14.9. The van der Waals surface area contributed by atoms with Crippen LogP contribution in [0.3, 0.4) is 0 Å². The predicted octanol–water partition coefficient (Wildman–Crippen LogP) is 10.2. The van der Waals surface area contributed by atoms with Crippen molar-refractivity contribution in [3.63, 3.8) is 0 Å². The molecule has 0 radical (unpaired) electrons. The fraction of sp³-hybridized carbons (Fsp3) is 0.175. The van der Waals surface area contributed by atoms with Crippen molar-refractivity contribution < 1.29 is 4.57 Å². The SMILES string of the molecule is CC[n+]1ccc2c(ccc3ccccc32)c1-c1cc(C)ccc1C=CCC1=C(c2ccccc2C)C=CC=CC1C. The van der Waals surface area contributed by atoms with E-state index in [0.717, 1.165) is 13.0 Å². The zero-order valence-corrected chi connectivity index (χ0v) is 24.6. The molecule has 41 heavy (non-hydrogen) atoms. The van der Waals surface area contributed by atoms with E-state index in [2.05, 4.69) is 160 Å². The van der Waals surface area contributed by atoms with Crippen LogP contribution >= 0.6 is 0 Å². The Morgan fingerprint density at radius 1 is 0.780 bits per heavy atom. The first-order valence-electron chi connectivity index (χ1n) is 14.8. The van der Waals surface area contributed by atoms with Crippen molar-refractivity contribution in [3.05, 3.63) is 149 Å². The van der Waals surface area contributed by atoms with Crippen molar-refractivity contribution in [3.8, 4) is 11.3 Å². The predicted molar refractivity (Wildman–Crippen MR) is 177 cm³/mol. The van der Waals surface area contributed by atoms with Crippen molar-refractivity contribution in [1.29, 1.82) is 0 Å². The van der Waals surface area contributed by atoms with Crippen molar-refractivity contribution in [2.45, 2.75) is 40.7 Å². The molecule has 5 aromatic rings. The first kappa shape index (κ1) is 26.7. The maximum Gasteiger partial charge on any atom is 0.221 e. The van der Waals surface area contributed by atoms with Crippen molar-refractivity contribution in [1.82, 2.24) is 0 Å². The zero-order valence-electron chi connectivity index (χ0n) is 24.6. The highest BCUT2D eigenvalue weighted by Gasteiger charge is 2.20. The Morgan fingerprint density at radius 2 is 1.61 bits per heavy atom. The van der Waals surface area contributed by atoms with E-state index in [1.807, 2.05) is 0 Å². The lowest BCUT2D eigenvalue weighted by Crippen LogP contribution is -2.34. The van der Waals surface area contributed by atoms with Gasteiger partial charge in [-0.2, -0.15) is 4.57 Å². The summed E-state index contributed by atoms with van der Waals surface area (Å²) in [6, 6.07) is 31.2. The summed E-state index contributed by atoms with van der Waals surface area (Å²) in [5, 5.41) is 5.19. The van der Waals surface area contributed by atoms with Gasteiger partial charge in [-0.15, -0.1) is 0 Å². The maximum absolute atomic E-state index is 2.39. The molecule has 6 rings (SSSR count). The summed E-state index contributed by atoms with van der Waals surface area (Å²) < 4.78 is 2.39. The van der Waals surface area contributed by atoms with Crippen LogP contribution in [-0.2, 0) is 6.54 Å². The van der Waals surface area contributed by atoms with Crippen LogP contribution in [0, 0.1) is 19.8 Å². The van der Waals surface area contributed by atoms with Crippen LogP contribution < -0.4 is 4.57 Å². The molecule has 1 atom stereocenters. The smallest absolute Gasteiger partial charge is 0.198 e. The second-order valence-corrected chi connectivity index (χ2v) is 11.2. The average molecular weight is 533 g/mol. The Balaban J connectivity index is 1.47. The van der Waals surface area contributed by atoms with Gasteiger partial charge in [-0.1, -0.05) is 121 Å². The summed E-state index contributed by atoms with van der Waals surface area (Å²) in [7, 11) is 0. The molecule has 0 saturated carbocycles. The third-order valence-corrected chi connectivity index (χ3v) is 8.48. The number of nitrogens with zero attached hydrogens (tertiary/aromatic N) is 1. The molecule has 0 bridgehead atoms. The lowest BCUT2D eigenvalue weighted by atomic mass is 9.88. The van der Waals surface area contributed by atoms with Gasteiger partial charge in [0.1, 0.15) is 6.54 Å². The molecule has 0 spiro atoms. The zero-order chi connectivity index (χ0) is 28.3. The minimum Gasteiger partial charge on any atom is -0.198 e. The van der Waals surface area contributed by atoms with Gasteiger partial charge in [0, 0.05) is 11.5 Å². The van der Waals surface area contributed by atoms with E-state index in [1.165, 1.54) is 66.2 Å². The number of hydrogen-bond donors (Lipinski definition) is 0. The number of fused-ring (bicyclic) bond motifs is 3. The lowest BCUT2D eigenvalue weighted by molar-refractivity contribution is -0.681. The monoisotopic (exact) mass is 532 g/mol. The number of benzene rings is 4. The molecule has 1 aromatic heterocycles. The minimum atomic E-state index is 0.371. The van der Waals surface area contributed by atoms with Gasteiger partial charge in [0.25, 0.3) is 0 Å². The van der Waals surface area contributed by atoms with Gasteiger partial charge in [-0.3, -0.25) is 0 Å². The van der Waals surface area contributed by atoms with E-state index < -0.39 is 0 Å². The van der Waals surface area contributed by atoms with E-state index in [1.54, 1.807) is 0 Å². The van der Waals surface area contributed by atoms with Crippen LogP contribution in [0.2, 0.25) is 0 Å². The molecule has 0 fully saturated rings. The number of aryl methyl sites for hydroxylation is 3. The molecule has 0 aliphatic heterocycles. The van der Waals surface area contributed by atoms with E-state index >= 15 is 0 Å². The molecule has 0 N–H and O–H groups in total. The molecule has 0 saturated heterocycles. The molecular formula is C40H38N+. The topological polar surface area (TPSA) is 3.88 Å². The van der Waals surface area contributed by atoms with Crippen LogP contribution in [0.1, 0.15) is 42.5 Å². The normalized spacial score (nSPS) is 15.4. The van der Waals surface area contributed by atoms with Gasteiger partial charge in [0.15, 0.2) is 6.20 Å². The minimum absolute atomic E-state index is 0.371. The molecule has 0 amide bonds. The fourth-order valence-electron chi connectivity index (χ4n) is 6.26. The second-order valence-electron chi connectivity index (χ2n) is 11.2. The Labute approximate surface area is 244 Å². The van der Waals surface area contributed by atoms with Gasteiger partial charge in [0.05, 0.1) is 10.9 Å². The van der Waals surface area contributed by atoms with Crippen LogP contribution in [0.15, 0.2) is 127 Å².